The highest BCUT2D eigenvalue weighted by molar-refractivity contribution is 7.92. The summed E-state index contributed by atoms with van der Waals surface area (Å²) < 4.78 is 37.5. The Kier molecular flexibility index (Phi) is 5.15. The summed E-state index contributed by atoms with van der Waals surface area (Å²) in [5.74, 6) is -0.423. The minimum Gasteiger partial charge on any atom is -0.595 e. The van der Waals surface area contributed by atoms with Crippen LogP contribution in [0.2, 0.25) is 0 Å². The normalized spacial score (nSPS) is 12.7. The van der Waals surface area contributed by atoms with Crippen LogP contribution in [0.4, 0.5) is 11.4 Å². The van der Waals surface area contributed by atoms with Gasteiger partial charge in [0.05, 0.1) is 25.5 Å². The molecular weight excluding hydrogens is 376 g/mol. The van der Waals surface area contributed by atoms with E-state index in [4.69, 9.17) is 4.42 Å². The SMILES string of the molecule is COC(=O)Cc1coc2cc(NS(=O)(=O)c3ccccc3[NH+]([O-])O)ccc12. The number of rotatable bonds is 6. The Morgan fingerprint density at radius 2 is 2.04 bits per heavy atom. The topological polar surface area (TPSA) is 133 Å². The van der Waals surface area contributed by atoms with Gasteiger partial charge in [0, 0.05) is 23.1 Å². The summed E-state index contributed by atoms with van der Waals surface area (Å²) in [5.41, 5.74) is 0.856. The summed E-state index contributed by atoms with van der Waals surface area (Å²) >= 11 is 0. The fourth-order valence-corrected chi connectivity index (χ4v) is 3.85. The standard InChI is InChI=1S/C17H16N2O7S/c1-25-17(20)8-11-10-26-15-9-12(6-7-13(11)15)18-27(23,24)16-5-3-2-4-14(16)19(21)22/h2-7,9-10,18-19,21H,8H2,1H3. The van der Waals surface area contributed by atoms with Crippen molar-refractivity contribution in [3.63, 3.8) is 0 Å². The first-order chi connectivity index (χ1) is 12.8. The lowest BCUT2D eigenvalue weighted by atomic mass is 10.1. The van der Waals surface area contributed by atoms with Crippen LogP contribution >= 0.6 is 0 Å². The number of ether oxygens (including phenoxy) is 1. The van der Waals surface area contributed by atoms with Gasteiger partial charge < -0.3 is 14.4 Å². The Hall–Kier alpha value is -2.92. The first-order valence-electron chi connectivity index (χ1n) is 7.74. The third kappa shape index (κ3) is 3.93. The minimum absolute atomic E-state index is 0.0283. The van der Waals surface area contributed by atoms with Gasteiger partial charge in [-0.25, -0.2) is 13.6 Å². The average molecular weight is 392 g/mol. The van der Waals surface area contributed by atoms with Crippen LogP contribution in [-0.4, -0.2) is 26.7 Å². The van der Waals surface area contributed by atoms with Crippen LogP contribution in [0.25, 0.3) is 11.0 Å². The second kappa shape index (κ2) is 7.37. The third-order valence-electron chi connectivity index (χ3n) is 3.88. The van der Waals surface area contributed by atoms with Crippen LogP contribution in [0.1, 0.15) is 5.56 Å². The molecule has 3 aromatic rings. The summed E-state index contributed by atoms with van der Waals surface area (Å²) in [6.45, 7) is 0. The van der Waals surface area contributed by atoms with Gasteiger partial charge in [0.15, 0.2) is 10.6 Å². The van der Waals surface area contributed by atoms with E-state index >= 15 is 0 Å². The molecule has 2 aromatic carbocycles. The number of sulfonamides is 1. The highest BCUT2D eigenvalue weighted by Crippen LogP contribution is 2.27. The summed E-state index contributed by atoms with van der Waals surface area (Å²) in [6.07, 6.45) is 1.43. The van der Waals surface area contributed by atoms with Crippen LogP contribution in [-0.2, 0) is 26.0 Å². The zero-order chi connectivity index (χ0) is 19.6. The lowest BCUT2D eigenvalue weighted by Crippen LogP contribution is -2.99. The molecule has 1 heterocycles. The number of methoxy groups -OCH3 is 1. The average Bonchev–Trinajstić information content (AvgIpc) is 3.03. The maximum Gasteiger partial charge on any atom is 0.310 e. The van der Waals surface area contributed by atoms with E-state index in [1.165, 1.54) is 49.8 Å². The lowest BCUT2D eigenvalue weighted by molar-refractivity contribution is -0.992. The number of nitrogens with one attached hydrogen (secondary N) is 2. The Morgan fingerprint density at radius 3 is 2.74 bits per heavy atom. The molecule has 0 aliphatic carbocycles. The van der Waals surface area contributed by atoms with Gasteiger partial charge in [0.2, 0.25) is 0 Å². The molecule has 0 spiro atoms. The van der Waals surface area contributed by atoms with Crippen LogP contribution in [0.5, 0.6) is 0 Å². The van der Waals surface area contributed by atoms with Crippen LogP contribution in [0.15, 0.2) is 58.0 Å². The predicted octanol–water partition coefficient (Wildman–Crippen LogP) is 1.35. The van der Waals surface area contributed by atoms with Crippen molar-refractivity contribution >= 4 is 38.3 Å². The second-order valence-electron chi connectivity index (χ2n) is 5.63. The monoisotopic (exact) mass is 392 g/mol. The molecule has 0 bridgehead atoms. The Labute approximate surface area is 154 Å². The van der Waals surface area contributed by atoms with E-state index in [-0.39, 0.29) is 22.7 Å². The van der Waals surface area contributed by atoms with Crippen molar-refractivity contribution in [2.75, 3.05) is 11.8 Å². The molecule has 9 nitrogen and oxygen atoms in total. The quantitative estimate of drug-likeness (QED) is 0.426. The number of anilines is 1. The first-order valence-corrected chi connectivity index (χ1v) is 9.22. The maximum atomic E-state index is 12.6. The Bertz CT molecular complexity index is 1090. The van der Waals surface area contributed by atoms with Gasteiger partial charge in [-0.1, -0.05) is 12.1 Å². The van der Waals surface area contributed by atoms with Gasteiger partial charge in [-0.15, -0.1) is 0 Å². The largest absolute Gasteiger partial charge is 0.595 e. The summed E-state index contributed by atoms with van der Waals surface area (Å²) in [6, 6.07) is 9.88. The van der Waals surface area contributed by atoms with Gasteiger partial charge in [-0.3, -0.25) is 9.52 Å². The van der Waals surface area contributed by atoms with Crippen LogP contribution in [0, 0.1) is 5.21 Å². The number of quaternary nitrogens is 1. The van der Waals surface area contributed by atoms with Gasteiger partial charge in [-0.05, 0) is 18.2 Å². The lowest BCUT2D eigenvalue weighted by Gasteiger charge is -2.16. The van der Waals surface area contributed by atoms with Crippen LogP contribution < -0.4 is 9.95 Å². The number of hydrogen-bond donors (Lipinski definition) is 3. The Balaban J connectivity index is 1.92. The molecule has 3 N–H and O–H groups in total. The number of carbonyl (C=O) groups is 1. The van der Waals surface area contributed by atoms with Gasteiger partial charge in [-0.2, -0.15) is 5.23 Å². The zero-order valence-corrected chi connectivity index (χ0v) is 14.9. The molecule has 0 amide bonds. The molecule has 0 aliphatic rings. The van der Waals surface area contributed by atoms with Gasteiger partial charge in [0.25, 0.3) is 10.0 Å². The summed E-state index contributed by atoms with van der Waals surface area (Å²) in [7, 11) is -2.84. The van der Waals surface area contributed by atoms with Gasteiger partial charge >= 0.3 is 5.97 Å². The zero-order valence-electron chi connectivity index (χ0n) is 14.1. The van der Waals surface area contributed by atoms with E-state index in [2.05, 4.69) is 9.46 Å². The van der Waals surface area contributed by atoms with E-state index in [1.807, 2.05) is 0 Å². The number of carbonyl (C=O) groups excluding carboxylic acids is 1. The maximum absolute atomic E-state index is 12.6. The highest BCUT2D eigenvalue weighted by Gasteiger charge is 2.23. The molecule has 0 saturated heterocycles. The smallest absolute Gasteiger partial charge is 0.310 e. The molecule has 142 valence electrons. The first kappa shape index (κ1) is 18.9. The van der Waals surface area contributed by atoms with Crippen molar-refractivity contribution in [2.45, 2.75) is 11.3 Å². The van der Waals surface area contributed by atoms with Crippen molar-refractivity contribution in [3.8, 4) is 0 Å². The molecule has 1 unspecified atom stereocenters. The molecule has 0 saturated carbocycles. The van der Waals surface area contributed by atoms with Crippen molar-refractivity contribution < 1.29 is 32.8 Å². The summed E-state index contributed by atoms with van der Waals surface area (Å²) in [4.78, 5) is 11.1. The van der Waals surface area contributed by atoms with E-state index in [0.717, 1.165) is 0 Å². The molecule has 10 heteroatoms. The fraction of sp³-hybridized carbons (Fsp3) is 0.118. The molecule has 1 atom stereocenters. The van der Waals surface area contributed by atoms with E-state index in [0.29, 0.717) is 16.5 Å². The van der Waals surface area contributed by atoms with Crippen molar-refractivity contribution in [3.05, 3.63) is 59.5 Å². The second-order valence-corrected chi connectivity index (χ2v) is 7.28. The fourth-order valence-electron chi connectivity index (χ4n) is 2.60. The van der Waals surface area contributed by atoms with Crippen LogP contribution in [0.3, 0.4) is 0 Å². The van der Waals surface area contributed by atoms with Crippen molar-refractivity contribution in [1.29, 1.82) is 0 Å². The molecule has 27 heavy (non-hydrogen) atoms. The number of benzene rings is 2. The van der Waals surface area contributed by atoms with Crippen molar-refractivity contribution in [1.82, 2.24) is 0 Å². The predicted molar refractivity (Wildman–Crippen MR) is 95.0 cm³/mol. The van der Waals surface area contributed by atoms with Gasteiger partial charge in [0.1, 0.15) is 5.58 Å². The summed E-state index contributed by atoms with van der Waals surface area (Å²) in [5, 5.41) is 19.8. The number of esters is 1. The third-order valence-corrected chi connectivity index (χ3v) is 5.32. The molecule has 3 rings (SSSR count). The number of furan rings is 1. The molecule has 0 fully saturated rings. The Morgan fingerprint density at radius 1 is 1.30 bits per heavy atom. The number of fused-ring (bicyclic) bond motifs is 1. The molecule has 0 radical (unpaired) electrons. The number of para-hydroxylation sites is 1. The van der Waals surface area contributed by atoms with E-state index < -0.39 is 21.2 Å². The molecular formula is C17H16N2O7S. The van der Waals surface area contributed by atoms with Crippen molar-refractivity contribution in [2.24, 2.45) is 0 Å². The van der Waals surface area contributed by atoms with E-state index in [9.17, 15) is 23.6 Å². The van der Waals surface area contributed by atoms with E-state index in [1.54, 1.807) is 6.07 Å². The highest BCUT2D eigenvalue weighted by atomic mass is 32.2. The molecule has 1 aromatic heterocycles. The molecule has 0 aliphatic heterocycles. The minimum atomic E-state index is -4.12. The number of hydrogen-bond acceptors (Lipinski definition) is 7.